The molecular weight excluding hydrogens is 823 g/mol. The first-order valence-electron chi connectivity index (χ1n) is 19.3. The largest absolute Gasteiger partial charge is 0.397 e. The van der Waals surface area contributed by atoms with Crippen molar-refractivity contribution in [3.05, 3.63) is 124 Å². The van der Waals surface area contributed by atoms with E-state index in [1.165, 1.54) is 60.9 Å². The number of hydrogen-bond acceptors (Lipinski definition) is 21. The Balaban J connectivity index is 0.000000227. The number of pyridine rings is 1. The number of anilines is 2. The molecule has 0 saturated carbocycles. The fraction of sp³-hybridized carbons (Fsp3) is 0.359. The third kappa shape index (κ3) is 14.8. The Bertz CT molecular complexity index is 2260. The zero-order valence-corrected chi connectivity index (χ0v) is 34.6. The number of thiophene rings is 1. The van der Waals surface area contributed by atoms with Crippen molar-refractivity contribution in [3.63, 3.8) is 0 Å². The van der Waals surface area contributed by atoms with Gasteiger partial charge in [0.05, 0.1) is 47.6 Å². The van der Waals surface area contributed by atoms with Gasteiger partial charge in [-0.2, -0.15) is 0 Å². The van der Waals surface area contributed by atoms with Gasteiger partial charge >= 0.3 is 0 Å². The van der Waals surface area contributed by atoms with Gasteiger partial charge in [0.1, 0.15) is 33.4 Å². The molecule has 10 N–H and O–H groups in total. The topological polar surface area (TPSA) is 347 Å². The van der Waals surface area contributed by atoms with Crippen LogP contribution >= 0.6 is 11.3 Å². The lowest BCUT2D eigenvalue weighted by atomic mass is 10.0. The normalized spacial score (nSPS) is 13.8. The zero-order valence-electron chi connectivity index (χ0n) is 33.8. The highest BCUT2D eigenvalue weighted by molar-refractivity contribution is 7.21. The molecule has 1 aliphatic heterocycles. The third-order valence-electron chi connectivity index (χ3n) is 8.95. The molecule has 3 atom stereocenters. The average Bonchev–Trinajstić information content (AvgIpc) is 3.66. The predicted octanol–water partition coefficient (Wildman–Crippen LogP) is 1.56. The molecule has 0 aromatic carbocycles. The standard InChI is InChI=1S/C22H29N7O2S.C6H7N3O3.C6H9N3O.C5H4N2O/c1-2-3-13-10-17(28-22-18(13)19(23)20(32-22)21(24)31)29-8-4-14(5-9-29)27-12-16(30)15-11-25-6-7-26-15;10-6(4-9(11)12)5-3-7-1-2-8-5;7-3-6(10)5-4-8-1-2-9-5;8-4-5-3-6-1-2-7-5/h6-7,10-11,14,16,27,30H,2-5,8-9,12,23H2,1H3,(H2,24,31);1-3,6,10H,4H2;1-2,4,6,10H,3,7H2;1-4H. The fourth-order valence-corrected chi connectivity index (χ4v) is 6.86. The Labute approximate surface area is 359 Å². The number of rotatable bonds is 14. The maximum atomic E-state index is 11.8. The van der Waals surface area contributed by atoms with Crippen LogP contribution in [0.25, 0.3) is 10.2 Å². The number of piperidine rings is 1. The van der Waals surface area contributed by atoms with E-state index in [2.05, 4.69) is 63.1 Å². The number of primary amides is 1. The number of nitrogens with two attached hydrogens (primary N) is 3. The molecule has 0 aliphatic carbocycles. The quantitative estimate of drug-likeness (QED) is 0.0464. The highest BCUT2D eigenvalue weighted by Crippen LogP contribution is 2.37. The van der Waals surface area contributed by atoms with Crippen molar-refractivity contribution in [1.82, 2.24) is 50.2 Å². The van der Waals surface area contributed by atoms with Crippen molar-refractivity contribution in [1.29, 1.82) is 0 Å². The summed E-state index contributed by atoms with van der Waals surface area (Å²) in [6, 6.07) is 2.42. The lowest BCUT2D eigenvalue weighted by Crippen LogP contribution is -2.44. The number of nitrogens with zero attached hydrogens (tertiary/aromatic N) is 11. The van der Waals surface area contributed by atoms with Crippen LogP contribution in [-0.2, 0) is 6.42 Å². The van der Waals surface area contributed by atoms with Gasteiger partial charge in [0, 0.05) is 92.1 Å². The van der Waals surface area contributed by atoms with Gasteiger partial charge in [0.15, 0.2) is 12.4 Å². The summed E-state index contributed by atoms with van der Waals surface area (Å²) < 4.78 is 0. The molecule has 23 heteroatoms. The van der Waals surface area contributed by atoms with E-state index in [0.717, 1.165) is 60.4 Å². The molecule has 7 heterocycles. The van der Waals surface area contributed by atoms with E-state index in [0.29, 0.717) is 46.5 Å². The number of aryl methyl sites for hydroxylation is 1. The molecule has 1 aliphatic rings. The first-order chi connectivity index (χ1) is 29.9. The van der Waals surface area contributed by atoms with E-state index in [-0.39, 0.29) is 12.2 Å². The molecule has 6 aromatic heterocycles. The molecule has 62 heavy (non-hydrogen) atoms. The van der Waals surface area contributed by atoms with Crippen LogP contribution in [0, 0.1) is 10.1 Å². The molecule has 0 bridgehead atoms. The Kier molecular flexibility index (Phi) is 19.5. The monoisotopic (exact) mass is 871 g/mol. The number of nitrogen functional groups attached to an aromatic ring is 1. The van der Waals surface area contributed by atoms with Gasteiger partial charge in [-0.25, -0.2) is 4.98 Å². The van der Waals surface area contributed by atoms with Gasteiger partial charge in [-0.3, -0.25) is 59.6 Å². The Morgan fingerprint density at radius 3 is 1.90 bits per heavy atom. The van der Waals surface area contributed by atoms with Crippen LogP contribution in [0.4, 0.5) is 11.5 Å². The van der Waals surface area contributed by atoms with E-state index < -0.39 is 35.7 Å². The van der Waals surface area contributed by atoms with Crippen molar-refractivity contribution >= 4 is 45.3 Å². The number of aromatic nitrogens is 9. The first kappa shape index (κ1) is 48.0. The molecule has 22 nitrogen and oxygen atoms in total. The number of aliphatic hydroxyl groups excluding tert-OH is 3. The van der Waals surface area contributed by atoms with Gasteiger partial charge in [-0.05, 0) is 30.9 Å². The average molecular weight is 872 g/mol. The van der Waals surface area contributed by atoms with Gasteiger partial charge in [-0.15, -0.1) is 11.3 Å². The summed E-state index contributed by atoms with van der Waals surface area (Å²) >= 11 is 1.27. The minimum atomic E-state index is -1.17. The molecule has 1 amide bonds. The molecule has 6 aromatic rings. The van der Waals surface area contributed by atoms with Crippen LogP contribution in [0.3, 0.4) is 0 Å². The van der Waals surface area contributed by atoms with Crippen LogP contribution < -0.4 is 27.4 Å². The summed E-state index contributed by atoms with van der Waals surface area (Å²) in [5.74, 6) is 0.404. The lowest BCUT2D eigenvalue weighted by Gasteiger charge is -2.34. The number of fused-ring (bicyclic) bond motifs is 1. The Hall–Kier alpha value is -6.63. The number of carbonyl (C=O) groups is 2. The van der Waals surface area contributed by atoms with E-state index in [9.17, 15) is 24.8 Å². The molecule has 1 saturated heterocycles. The van der Waals surface area contributed by atoms with Crippen molar-refractivity contribution < 1.29 is 29.8 Å². The maximum absolute atomic E-state index is 11.8. The zero-order chi connectivity index (χ0) is 44.9. The van der Waals surface area contributed by atoms with Crippen LogP contribution in [0.15, 0.2) is 80.4 Å². The second-order valence-corrected chi connectivity index (χ2v) is 14.4. The van der Waals surface area contributed by atoms with E-state index in [1.54, 1.807) is 24.8 Å². The van der Waals surface area contributed by atoms with E-state index in [4.69, 9.17) is 32.4 Å². The van der Waals surface area contributed by atoms with Crippen molar-refractivity contribution in [2.24, 2.45) is 11.5 Å². The molecule has 328 valence electrons. The van der Waals surface area contributed by atoms with Crippen molar-refractivity contribution in [2.45, 2.75) is 57.0 Å². The van der Waals surface area contributed by atoms with Gasteiger partial charge in [-0.1, -0.05) is 13.3 Å². The van der Waals surface area contributed by atoms with E-state index in [1.807, 2.05) is 0 Å². The number of carbonyl (C=O) groups excluding carboxylic acids is 2. The highest BCUT2D eigenvalue weighted by Gasteiger charge is 2.24. The lowest BCUT2D eigenvalue weighted by molar-refractivity contribution is -0.491. The summed E-state index contributed by atoms with van der Waals surface area (Å²) in [6.07, 6.45) is 19.7. The Morgan fingerprint density at radius 2 is 1.45 bits per heavy atom. The van der Waals surface area contributed by atoms with Gasteiger partial charge in [0.25, 0.3) is 5.91 Å². The highest BCUT2D eigenvalue weighted by atomic mass is 32.1. The van der Waals surface area contributed by atoms with Crippen LogP contribution in [0.1, 0.15) is 87.3 Å². The smallest absolute Gasteiger partial charge is 0.260 e. The van der Waals surface area contributed by atoms with Crippen LogP contribution in [0.5, 0.6) is 0 Å². The number of aliphatic hydroxyl groups is 3. The maximum Gasteiger partial charge on any atom is 0.260 e. The minimum absolute atomic E-state index is 0.179. The fourth-order valence-electron chi connectivity index (χ4n) is 5.87. The first-order valence-corrected chi connectivity index (χ1v) is 20.1. The molecule has 0 radical (unpaired) electrons. The van der Waals surface area contributed by atoms with E-state index >= 15 is 0 Å². The summed E-state index contributed by atoms with van der Waals surface area (Å²) in [6.45, 7) is 3.91. The van der Waals surface area contributed by atoms with Crippen molar-refractivity contribution in [3.8, 4) is 0 Å². The summed E-state index contributed by atoms with van der Waals surface area (Å²) in [5, 5.41) is 42.8. The van der Waals surface area contributed by atoms with Gasteiger partial charge < -0.3 is 42.7 Å². The number of nitro groups is 1. The van der Waals surface area contributed by atoms with Crippen LogP contribution in [-0.4, -0.2) is 116 Å². The molecule has 1 fully saturated rings. The summed E-state index contributed by atoms with van der Waals surface area (Å²) in [4.78, 5) is 69.8. The number of aldehydes is 1. The molecular formula is C39H49N15O7S. The van der Waals surface area contributed by atoms with Crippen molar-refractivity contribution in [2.75, 3.05) is 43.4 Å². The number of hydrogen-bond donors (Lipinski definition) is 7. The SMILES string of the molecule is CCCc1cc(N2CCC(NCC(O)c3cnccn3)CC2)nc2sc(C(N)=O)c(N)c12.NCC(O)c1cnccn1.O=Cc1cnccn1.O=[N+]([O-])CC(O)c1cnccn1. The summed E-state index contributed by atoms with van der Waals surface area (Å²) in [7, 11) is 0. The van der Waals surface area contributed by atoms with Crippen LogP contribution in [0.2, 0.25) is 0 Å². The Morgan fingerprint density at radius 1 is 0.903 bits per heavy atom. The molecule has 3 unspecified atom stereocenters. The third-order valence-corrected chi connectivity index (χ3v) is 10.1. The predicted molar refractivity (Wildman–Crippen MR) is 229 cm³/mol. The number of nitrogens with one attached hydrogen (secondary N) is 1. The second kappa shape index (κ2) is 25.2. The molecule has 0 spiro atoms. The second-order valence-electron chi connectivity index (χ2n) is 13.4. The minimum Gasteiger partial charge on any atom is -0.397 e. The summed E-state index contributed by atoms with van der Waals surface area (Å²) in [5.41, 5.74) is 20.2. The van der Waals surface area contributed by atoms with Gasteiger partial charge in [0.2, 0.25) is 6.54 Å². The molecule has 7 rings (SSSR count). The number of amides is 1.